The molecule has 0 spiro atoms. The Bertz CT molecular complexity index is 1230. The van der Waals surface area contributed by atoms with Crippen LogP contribution in [0.4, 0.5) is 0 Å². The van der Waals surface area contributed by atoms with Gasteiger partial charge in [0.2, 0.25) is 5.91 Å². The van der Waals surface area contributed by atoms with E-state index < -0.39 is 16.6 Å². The second-order valence-electron chi connectivity index (χ2n) is 16.0. The SMILES string of the molecule is C=C1C[C@H](CCCO[Si](c2ccccc2)(c2ccccc2)C(C)(C)C)OC1CC[C@H](C[C@@H](C)C(=O)N(C)OC)O[Si](C)(C)C(C)(C)C. The smallest absolute Gasteiger partial charge is 0.261 e. The molecular formula is C39H63NO5Si2. The molecule has 1 heterocycles. The number of rotatable bonds is 16. The molecular weight excluding hydrogens is 619 g/mol. The van der Waals surface area contributed by atoms with Crippen molar-refractivity contribution in [1.82, 2.24) is 5.06 Å². The number of ether oxygens (including phenoxy) is 1. The van der Waals surface area contributed by atoms with Gasteiger partial charge in [-0.3, -0.25) is 9.63 Å². The van der Waals surface area contributed by atoms with Crippen LogP contribution in [-0.2, 0) is 23.2 Å². The summed E-state index contributed by atoms with van der Waals surface area (Å²) in [5.74, 6) is -0.232. The second-order valence-corrected chi connectivity index (χ2v) is 25.1. The summed E-state index contributed by atoms with van der Waals surface area (Å²) in [6, 6.07) is 21.7. The van der Waals surface area contributed by atoms with Crippen molar-refractivity contribution >= 4 is 32.9 Å². The zero-order chi connectivity index (χ0) is 35.0. The maximum Gasteiger partial charge on any atom is 0.261 e. The third-order valence-electron chi connectivity index (χ3n) is 10.3. The molecule has 262 valence electrons. The average molecular weight is 682 g/mol. The molecule has 6 nitrogen and oxygen atoms in total. The monoisotopic (exact) mass is 681 g/mol. The number of carbonyl (C=O) groups excluding carboxylic acids is 1. The van der Waals surface area contributed by atoms with Gasteiger partial charge in [-0.05, 0) is 77.6 Å². The van der Waals surface area contributed by atoms with Gasteiger partial charge in [0.15, 0.2) is 8.32 Å². The number of hydrogen-bond donors (Lipinski definition) is 0. The summed E-state index contributed by atoms with van der Waals surface area (Å²) >= 11 is 0. The first-order valence-corrected chi connectivity index (χ1v) is 22.3. The lowest BCUT2D eigenvalue weighted by atomic mass is 9.96. The Hall–Kier alpha value is -2.08. The van der Waals surface area contributed by atoms with Crippen LogP contribution in [-0.4, -0.2) is 66.7 Å². The summed E-state index contributed by atoms with van der Waals surface area (Å²) < 4.78 is 20.6. The third-order valence-corrected chi connectivity index (χ3v) is 19.9. The normalized spacial score (nSPS) is 19.1. The summed E-state index contributed by atoms with van der Waals surface area (Å²) in [5, 5.41) is 3.98. The van der Waals surface area contributed by atoms with Gasteiger partial charge in [-0.15, -0.1) is 0 Å². The predicted octanol–water partition coefficient (Wildman–Crippen LogP) is 8.27. The van der Waals surface area contributed by atoms with Crippen LogP contribution < -0.4 is 10.4 Å². The van der Waals surface area contributed by atoms with Crippen molar-refractivity contribution in [3.63, 3.8) is 0 Å². The molecule has 2 aromatic carbocycles. The van der Waals surface area contributed by atoms with Crippen molar-refractivity contribution in [3.8, 4) is 0 Å². The van der Waals surface area contributed by atoms with E-state index in [4.69, 9.17) is 18.4 Å². The number of hydrogen-bond acceptors (Lipinski definition) is 5. The minimum atomic E-state index is -2.55. The van der Waals surface area contributed by atoms with Gasteiger partial charge >= 0.3 is 0 Å². The van der Waals surface area contributed by atoms with E-state index in [9.17, 15) is 4.79 Å². The summed E-state index contributed by atoms with van der Waals surface area (Å²) in [5.41, 5.74) is 1.16. The summed E-state index contributed by atoms with van der Waals surface area (Å²) in [4.78, 5) is 18.0. The predicted molar refractivity (Wildman–Crippen MR) is 200 cm³/mol. The van der Waals surface area contributed by atoms with Crippen molar-refractivity contribution in [1.29, 1.82) is 0 Å². The highest BCUT2D eigenvalue weighted by Crippen LogP contribution is 2.40. The maximum atomic E-state index is 12.8. The second kappa shape index (κ2) is 16.6. The Morgan fingerprint density at radius 2 is 1.51 bits per heavy atom. The van der Waals surface area contributed by atoms with E-state index in [2.05, 4.69) is 122 Å². The summed E-state index contributed by atoms with van der Waals surface area (Å²) in [6.45, 7) is 25.4. The zero-order valence-corrected chi connectivity index (χ0v) is 33.2. The van der Waals surface area contributed by atoms with Crippen molar-refractivity contribution in [2.45, 2.75) is 128 Å². The van der Waals surface area contributed by atoms with Crippen LogP contribution in [0.2, 0.25) is 23.2 Å². The molecule has 1 amide bonds. The molecule has 1 saturated heterocycles. The zero-order valence-electron chi connectivity index (χ0n) is 31.2. The van der Waals surface area contributed by atoms with Crippen LogP contribution in [0.15, 0.2) is 72.8 Å². The van der Waals surface area contributed by atoms with Crippen LogP contribution in [0.25, 0.3) is 0 Å². The largest absolute Gasteiger partial charge is 0.414 e. The number of hydroxylamine groups is 2. The number of nitrogens with zero attached hydrogens (tertiary/aromatic N) is 1. The maximum absolute atomic E-state index is 12.8. The fourth-order valence-electron chi connectivity index (χ4n) is 6.59. The lowest BCUT2D eigenvalue weighted by Gasteiger charge is -2.43. The Labute approximate surface area is 288 Å². The Kier molecular flexibility index (Phi) is 13.9. The van der Waals surface area contributed by atoms with Gasteiger partial charge in [-0.2, -0.15) is 0 Å². The Balaban J connectivity index is 1.64. The van der Waals surface area contributed by atoms with Crippen molar-refractivity contribution in [2.75, 3.05) is 20.8 Å². The minimum Gasteiger partial charge on any atom is -0.414 e. The highest BCUT2D eigenvalue weighted by Gasteiger charge is 2.50. The van der Waals surface area contributed by atoms with E-state index in [1.54, 1.807) is 7.05 Å². The van der Waals surface area contributed by atoms with Crippen molar-refractivity contribution < 1.29 is 23.2 Å². The van der Waals surface area contributed by atoms with Gasteiger partial charge in [0.05, 0.1) is 19.3 Å². The molecule has 0 radical (unpaired) electrons. The lowest BCUT2D eigenvalue weighted by molar-refractivity contribution is -0.173. The van der Waals surface area contributed by atoms with Gasteiger partial charge in [-0.25, -0.2) is 5.06 Å². The lowest BCUT2D eigenvalue weighted by Crippen LogP contribution is -2.66. The first-order chi connectivity index (χ1) is 21.9. The fourth-order valence-corrected chi connectivity index (χ4v) is 12.6. The van der Waals surface area contributed by atoms with Gasteiger partial charge in [-0.1, -0.05) is 116 Å². The standard InChI is InChI=1S/C39H63NO5Si2/c1-30-28-32(20-19-27-43-47(39(6,7)8,34-21-15-13-16-22-34)35-23-17-14-18-24-35)44-36(30)26-25-33(45-46(11,12)38(3,4)5)29-31(2)37(41)40(9)42-10/h13-18,21-24,31-33,36H,1,19-20,25-29H2,2-12H3/t31-,32+,33-,36?/m1/s1. The number of benzene rings is 2. The molecule has 47 heavy (non-hydrogen) atoms. The van der Waals surface area contributed by atoms with E-state index in [1.165, 1.54) is 22.5 Å². The summed E-state index contributed by atoms with van der Waals surface area (Å²) in [6.07, 6.45) is 5.19. The molecule has 0 saturated carbocycles. The van der Waals surface area contributed by atoms with E-state index in [0.29, 0.717) is 13.0 Å². The van der Waals surface area contributed by atoms with Gasteiger partial charge < -0.3 is 13.6 Å². The molecule has 0 N–H and O–H groups in total. The van der Waals surface area contributed by atoms with E-state index >= 15 is 0 Å². The fraction of sp³-hybridized carbons (Fsp3) is 0.615. The van der Waals surface area contributed by atoms with Crippen molar-refractivity contribution in [2.24, 2.45) is 5.92 Å². The van der Waals surface area contributed by atoms with Crippen LogP contribution in [0, 0.1) is 5.92 Å². The van der Waals surface area contributed by atoms with E-state index in [1.807, 2.05) is 6.92 Å². The first-order valence-electron chi connectivity index (χ1n) is 17.5. The Morgan fingerprint density at radius 3 is 2.00 bits per heavy atom. The number of amides is 1. The molecule has 1 fully saturated rings. The van der Waals surface area contributed by atoms with Crippen LogP contribution in [0.3, 0.4) is 0 Å². The van der Waals surface area contributed by atoms with Crippen molar-refractivity contribution in [3.05, 3.63) is 72.8 Å². The van der Waals surface area contributed by atoms with Gasteiger partial charge in [0.25, 0.3) is 8.32 Å². The first kappa shape index (κ1) is 39.4. The molecule has 4 atom stereocenters. The molecule has 2 aromatic rings. The number of carbonyl (C=O) groups is 1. The van der Waals surface area contributed by atoms with Crippen LogP contribution in [0.5, 0.6) is 0 Å². The molecule has 0 bridgehead atoms. The topological polar surface area (TPSA) is 57.2 Å². The van der Waals surface area contributed by atoms with Crippen LogP contribution >= 0.6 is 0 Å². The molecule has 3 rings (SSSR count). The Morgan fingerprint density at radius 1 is 0.957 bits per heavy atom. The molecule has 8 heteroatoms. The highest BCUT2D eigenvalue weighted by atomic mass is 28.4. The molecule has 0 aromatic heterocycles. The summed E-state index contributed by atoms with van der Waals surface area (Å²) in [7, 11) is -1.40. The van der Waals surface area contributed by atoms with Crippen LogP contribution in [0.1, 0.15) is 87.0 Å². The molecule has 1 aliphatic heterocycles. The highest BCUT2D eigenvalue weighted by molar-refractivity contribution is 6.99. The minimum absolute atomic E-state index is 0.00997. The van der Waals surface area contributed by atoms with Gasteiger partial charge in [0.1, 0.15) is 0 Å². The molecule has 1 aliphatic rings. The van der Waals surface area contributed by atoms with Gasteiger partial charge in [0, 0.05) is 25.7 Å². The molecule has 0 aliphatic carbocycles. The molecule has 1 unspecified atom stereocenters. The average Bonchev–Trinajstić information content (AvgIpc) is 3.37. The van der Waals surface area contributed by atoms with E-state index in [-0.39, 0.29) is 40.2 Å². The third kappa shape index (κ3) is 9.99. The van der Waals surface area contributed by atoms with E-state index in [0.717, 1.165) is 37.7 Å². The quantitative estimate of drug-likeness (QED) is 0.0773.